The number of hydrogen-bond donors (Lipinski definition) is 1. The molecule has 0 aromatic heterocycles. The van der Waals surface area contributed by atoms with Gasteiger partial charge in [0.15, 0.2) is 5.78 Å². The minimum atomic E-state index is -0.407. The average Bonchev–Trinajstić information content (AvgIpc) is 3.04. The van der Waals surface area contributed by atoms with Crippen molar-refractivity contribution >= 4 is 29.0 Å². The lowest BCUT2D eigenvalue weighted by Gasteiger charge is -2.15. The molecule has 0 aliphatic carbocycles. The second-order valence-electron chi connectivity index (χ2n) is 6.24. The third-order valence-electron chi connectivity index (χ3n) is 4.39. The zero-order chi connectivity index (χ0) is 18.7. The molecule has 0 atom stereocenters. The number of nitrogens with zero attached hydrogens (tertiary/aromatic N) is 1. The van der Waals surface area contributed by atoms with Crippen molar-refractivity contribution in [3.63, 3.8) is 0 Å². The Labute approximate surface area is 150 Å². The fourth-order valence-corrected chi connectivity index (χ4v) is 3.01. The maximum absolute atomic E-state index is 12.9. The summed E-state index contributed by atoms with van der Waals surface area (Å²) in [7, 11) is 0. The third-order valence-corrected chi connectivity index (χ3v) is 4.39. The van der Waals surface area contributed by atoms with Crippen molar-refractivity contribution in [2.45, 2.75) is 26.2 Å². The Morgan fingerprint density at radius 2 is 1.81 bits per heavy atom. The molecule has 26 heavy (non-hydrogen) atoms. The Morgan fingerprint density at radius 1 is 1.08 bits per heavy atom. The van der Waals surface area contributed by atoms with Gasteiger partial charge < -0.3 is 10.2 Å². The van der Waals surface area contributed by atoms with Gasteiger partial charge >= 0.3 is 0 Å². The van der Waals surface area contributed by atoms with Gasteiger partial charge in [-0.15, -0.1) is 0 Å². The van der Waals surface area contributed by atoms with Gasteiger partial charge in [0.05, 0.1) is 0 Å². The molecule has 0 bridgehead atoms. The largest absolute Gasteiger partial charge is 0.326 e. The Bertz CT molecular complexity index is 862. The highest BCUT2D eigenvalue weighted by molar-refractivity contribution is 6.00. The van der Waals surface area contributed by atoms with Crippen LogP contribution in [0, 0.1) is 5.82 Å². The summed E-state index contributed by atoms with van der Waals surface area (Å²) in [6, 6.07) is 10.7. The lowest BCUT2D eigenvalue weighted by molar-refractivity contribution is -0.117. The molecule has 2 aromatic carbocycles. The summed E-state index contributed by atoms with van der Waals surface area (Å²) in [5, 5.41) is 2.76. The zero-order valence-corrected chi connectivity index (χ0v) is 14.4. The molecule has 2 aromatic rings. The van der Waals surface area contributed by atoms with Crippen LogP contribution < -0.4 is 10.2 Å². The number of carbonyl (C=O) groups is 3. The fourth-order valence-electron chi connectivity index (χ4n) is 3.01. The van der Waals surface area contributed by atoms with Gasteiger partial charge in [-0.1, -0.05) is 6.07 Å². The Morgan fingerprint density at radius 3 is 2.50 bits per heavy atom. The average molecular weight is 354 g/mol. The van der Waals surface area contributed by atoms with E-state index in [4.69, 9.17) is 0 Å². The summed E-state index contributed by atoms with van der Waals surface area (Å²) in [6.45, 7) is 2.16. The van der Waals surface area contributed by atoms with E-state index in [1.165, 1.54) is 31.2 Å². The standard InChI is InChI=1S/C20H19FN2O3/c1-13(24)23-11-10-14-4-7-17(12-18(14)23)22-20(26)9-8-19(25)15-2-5-16(21)6-3-15/h2-7,12H,8-11H2,1H3,(H,22,26). The molecule has 0 spiro atoms. The van der Waals surface area contributed by atoms with Crippen LogP contribution in [0.3, 0.4) is 0 Å². The molecule has 1 heterocycles. The van der Waals surface area contributed by atoms with Crippen molar-refractivity contribution in [1.82, 2.24) is 0 Å². The minimum absolute atomic E-state index is 0.0304. The number of ketones is 1. The van der Waals surface area contributed by atoms with Crippen LogP contribution in [0.15, 0.2) is 42.5 Å². The Hall–Kier alpha value is -3.02. The van der Waals surface area contributed by atoms with Crippen LogP contribution in [0.2, 0.25) is 0 Å². The monoisotopic (exact) mass is 354 g/mol. The second kappa shape index (κ2) is 7.47. The SMILES string of the molecule is CC(=O)N1CCc2ccc(NC(=O)CCC(=O)c3ccc(F)cc3)cc21. The molecule has 1 N–H and O–H groups in total. The first-order valence-electron chi connectivity index (χ1n) is 8.43. The van der Waals surface area contributed by atoms with E-state index in [1.807, 2.05) is 6.07 Å². The number of nitrogens with one attached hydrogen (secondary N) is 1. The molecular formula is C20H19FN2O3. The van der Waals surface area contributed by atoms with Gasteiger partial charge in [-0.3, -0.25) is 14.4 Å². The number of Topliss-reactive ketones (excluding diaryl/α,β-unsaturated/α-hetero) is 1. The summed E-state index contributed by atoms with van der Waals surface area (Å²) >= 11 is 0. The van der Waals surface area contributed by atoms with Crippen LogP contribution in [0.5, 0.6) is 0 Å². The maximum Gasteiger partial charge on any atom is 0.224 e. The van der Waals surface area contributed by atoms with Crippen molar-refractivity contribution in [3.05, 3.63) is 59.4 Å². The summed E-state index contributed by atoms with van der Waals surface area (Å²) in [5.41, 5.74) is 2.87. The van der Waals surface area contributed by atoms with E-state index in [2.05, 4.69) is 5.32 Å². The fraction of sp³-hybridized carbons (Fsp3) is 0.250. The van der Waals surface area contributed by atoms with Crippen LogP contribution in [-0.4, -0.2) is 24.1 Å². The van der Waals surface area contributed by atoms with Crippen LogP contribution in [-0.2, 0) is 16.0 Å². The Kier molecular flexibility index (Phi) is 5.11. The molecule has 134 valence electrons. The van der Waals surface area contributed by atoms with Gasteiger partial charge in [-0.2, -0.15) is 0 Å². The Balaban J connectivity index is 1.59. The van der Waals surface area contributed by atoms with E-state index in [1.54, 1.807) is 17.0 Å². The molecule has 0 fully saturated rings. The number of anilines is 2. The predicted molar refractivity (Wildman–Crippen MR) is 96.8 cm³/mol. The lowest BCUT2D eigenvalue weighted by Crippen LogP contribution is -2.25. The first-order valence-corrected chi connectivity index (χ1v) is 8.43. The molecule has 6 heteroatoms. The van der Waals surface area contributed by atoms with Crippen molar-refractivity contribution in [2.75, 3.05) is 16.8 Å². The number of hydrogen-bond acceptors (Lipinski definition) is 3. The first kappa shape index (κ1) is 17.8. The number of benzene rings is 2. The van der Waals surface area contributed by atoms with Crippen molar-refractivity contribution in [1.29, 1.82) is 0 Å². The minimum Gasteiger partial charge on any atom is -0.326 e. The number of halogens is 1. The number of fused-ring (bicyclic) bond motifs is 1. The second-order valence-corrected chi connectivity index (χ2v) is 6.24. The predicted octanol–water partition coefficient (Wildman–Crippen LogP) is 3.34. The highest BCUT2D eigenvalue weighted by Crippen LogP contribution is 2.31. The summed E-state index contributed by atoms with van der Waals surface area (Å²) in [6.07, 6.45) is 0.876. The molecule has 0 saturated heterocycles. The first-order chi connectivity index (χ1) is 12.4. The van der Waals surface area contributed by atoms with E-state index in [0.717, 1.165) is 17.7 Å². The van der Waals surface area contributed by atoms with Gasteiger partial charge in [0, 0.05) is 43.2 Å². The highest BCUT2D eigenvalue weighted by Gasteiger charge is 2.22. The lowest BCUT2D eigenvalue weighted by atomic mass is 10.1. The molecule has 1 aliphatic heterocycles. The van der Waals surface area contributed by atoms with E-state index >= 15 is 0 Å². The van der Waals surface area contributed by atoms with E-state index in [0.29, 0.717) is 17.8 Å². The number of carbonyl (C=O) groups excluding carboxylic acids is 3. The summed E-state index contributed by atoms with van der Waals surface area (Å²) < 4.78 is 12.9. The third kappa shape index (κ3) is 3.96. The molecule has 3 rings (SSSR count). The highest BCUT2D eigenvalue weighted by atomic mass is 19.1. The van der Waals surface area contributed by atoms with Gasteiger partial charge in [0.25, 0.3) is 0 Å². The van der Waals surface area contributed by atoms with Crippen LogP contribution in [0.4, 0.5) is 15.8 Å². The van der Waals surface area contributed by atoms with E-state index in [9.17, 15) is 18.8 Å². The van der Waals surface area contributed by atoms with Crippen LogP contribution in [0.25, 0.3) is 0 Å². The van der Waals surface area contributed by atoms with Gasteiger partial charge in [-0.05, 0) is 48.4 Å². The van der Waals surface area contributed by atoms with Crippen molar-refractivity contribution in [3.8, 4) is 0 Å². The van der Waals surface area contributed by atoms with Gasteiger partial charge in [-0.25, -0.2) is 4.39 Å². The molecule has 2 amide bonds. The van der Waals surface area contributed by atoms with Gasteiger partial charge in [0.2, 0.25) is 11.8 Å². The van der Waals surface area contributed by atoms with Crippen molar-refractivity contribution < 1.29 is 18.8 Å². The van der Waals surface area contributed by atoms with E-state index < -0.39 is 5.82 Å². The smallest absolute Gasteiger partial charge is 0.224 e. The molecule has 5 nitrogen and oxygen atoms in total. The topological polar surface area (TPSA) is 66.5 Å². The normalized spacial score (nSPS) is 12.6. The van der Waals surface area contributed by atoms with Gasteiger partial charge in [0.1, 0.15) is 5.82 Å². The number of rotatable bonds is 5. The molecule has 0 radical (unpaired) electrons. The summed E-state index contributed by atoms with van der Waals surface area (Å²) in [5.74, 6) is -0.933. The van der Waals surface area contributed by atoms with Crippen molar-refractivity contribution in [2.24, 2.45) is 0 Å². The number of amides is 2. The van der Waals surface area contributed by atoms with Crippen LogP contribution in [0.1, 0.15) is 35.7 Å². The molecule has 0 unspecified atom stereocenters. The quantitative estimate of drug-likeness (QED) is 0.838. The van der Waals surface area contributed by atoms with Crippen LogP contribution >= 0.6 is 0 Å². The molecule has 1 aliphatic rings. The molecular weight excluding hydrogens is 335 g/mol. The zero-order valence-electron chi connectivity index (χ0n) is 14.4. The van der Waals surface area contributed by atoms with E-state index in [-0.39, 0.29) is 30.4 Å². The summed E-state index contributed by atoms with van der Waals surface area (Å²) in [4.78, 5) is 37.5. The maximum atomic E-state index is 12.9. The molecule has 0 saturated carbocycles.